The lowest BCUT2D eigenvalue weighted by atomic mass is 10.0. The Labute approximate surface area is 182 Å². The van der Waals surface area contributed by atoms with Crippen molar-refractivity contribution in [1.82, 2.24) is 20.2 Å². The molecule has 1 aliphatic heterocycles. The van der Waals surface area contributed by atoms with E-state index in [1.165, 1.54) is 5.56 Å². The summed E-state index contributed by atoms with van der Waals surface area (Å²) in [4.78, 5) is 11.1. The van der Waals surface area contributed by atoms with Gasteiger partial charge in [-0.05, 0) is 18.1 Å². The molecule has 4 rings (SSSR count). The number of hydrogen-bond acceptors (Lipinski definition) is 7. The van der Waals surface area contributed by atoms with E-state index in [1.54, 1.807) is 19.4 Å². The molecule has 0 radical (unpaired) electrons. The van der Waals surface area contributed by atoms with Crippen molar-refractivity contribution in [1.29, 1.82) is 5.26 Å². The van der Waals surface area contributed by atoms with Crippen LogP contribution in [0.4, 0.5) is 0 Å². The molecule has 3 aromatic rings. The van der Waals surface area contributed by atoms with E-state index in [2.05, 4.69) is 38.4 Å². The molecule has 1 saturated heterocycles. The highest BCUT2D eigenvalue weighted by molar-refractivity contribution is 5.80. The molecule has 2 atom stereocenters. The molecule has 31 heavy (non-hydrogen) atoms. The number of pyridine rings is 2. The van der Waals surface area contributed by atoms with Crippen LogP contribution in [-0.4, -0.2) is 59.4 Å². The SMILES string of the molecule is COc1ccc2ncc(C#N)c(CCN3C[C@H](CNCc4ccccc4)[C@H](O)C3)c2n1. The second-order valence-electron chi connectivity index (χ2n) is 7.94. The number of benzene rings is 1. The third kappa shape index (κ3) is 5.00. The quantitative estimate of drug-likeness (QED) is 0.580. The number of aromatic nitrogens is 2. The van der Waals surface area contributed by atoms with Gasteiger partial charge in [0.25, 0.3) is 0 Å². The van der Waals surface area contributed by atoms with Crippen LogP contribution in [0.15, 0.2) is 48.7 Å². The van der Waals surface area contributed by atoms with Gasteiger partial charge in [-0.15, -0.1) is 0 Å². The van der Waals surface area contributed by atoms with Crippen molar-refractivity contribution in [3.8, 4) is 11.9 Å². The molecule has 0 unspecified atom stereocenters. The van der Waals surface area contributed by atoms with Crippen LogP contribution in [0.3, 0.4) is 0 Å². The molecule has 0 aliphatic carbocycles. The summed E-state index contributed by atoms with van der Waals surface area (Å²) < 4.78 is 5.25. The number of ether oxygens (including phenoxy) is 1. The molecule has 0 amide bonds. The molecular weight excluding hydrogens is 390 g/mol. The molecule has 1 aliphatic rings. The van der Waals surface area contributed by atoms with Crippen LogP contribution in [0.2, 0.25) is 0 Å². The van der Waals surface area contributed by atoms with E-state index in [0.717, 1.165) is 37.3 Å². The maximum absolute atomic E-state index is 10.5. The number of aliphatic hydroxyl groups excluding tert-OH is 1. The molecule has 1 aromatic carbocycles. The summed E-state index contributed by atoms with van der Waals surface area (Å²) in [7, 11) is 1.58. The van der Waals surface area contributed by atoms with E-state index in [-0.39, 0.29) is 12.0 Å². The van der Waals surface area contributed by atoms with Crippen LogP contribution in [0.5, 0.6) is 5.88 Å². The van der Waals surface area contributed by atoms with Crippen molar-refractivity contribution in [3.63, 3.8) is 0 Å². The van der Waals surface area contributed by atoms with Crippen molar-refractivity contribution in [2.45, 2.75) is 19.1 Å². The Hall–Kier alpha value is -3.05. The van der Waals surface area contributed by atoms with E-state index in [4.69, 9.17) is 4.74 Å². The smallest absolute Gasteiger partial charge is 0.213 e. The maximum Gasteiger partial charge on any atom is 0.213 e. The van der Waals surface area contributed by atoms with Gasteiger partial charge in [-0.25, -0.2) is 4.98 Å². The molecule has 3 heterocycles. The highest BCUT2D eigenvalue weighted by Gasteiger charge is 2.30. The highest BCUT2D eigenvalue weighted by atomic mass is 16.5. The number of methoxy groups -OCH3 is 1. The molecule has 7 nitrogen and oxygen atoms in total. The Balaban J connectivity index is 1.38. The Morgan fingerprint density at radius 1 is 1.23 bits per heavy atom. The number of nitriles is 1. The zero-order chi connectivity index (χ0) is 21.6. The normalized spacial score (nSPS) is 18.9. The molecule has 1 fully saturated rings. The lowest BCUT2D eigenvalue weighted by Crippen LogP contribution is -2.30. The molecule has 0 spiro atoms. The van der Waals surface area contributed by atoms with Crippen LogP contribution in [0.25, 0.3) is 11.0 Å². The Morgan fingerprint density at radius 3 is 2.84 bits per heavy atom. The van der Waals surface area contributed by atoms with E-state index < -0.39 is 0 Å². The molecule has 7 heteroatoms. The lowest BCUT2D eigenvalue weighted by molar-refractivity contribution is 0.140. The zero-order valence-corrected chi connectivity index (χ0v) is 17.7. The van der Waals surface area contributed by atoms with Crippen LogP contribution < -0.4 is 10.1 Å². The first-order valence-electron chi connectivity index (χ1n) is 10.6. The topological polar surface area (TPSA) is 94.3 Å². The standard InChI is InChI=1S/C24H27N5O2/c1-31-23-8-7-21-24(28-23)20(18(11-25)14-27-21)9-10-29-15-19(22(30)16-29)13-26-12-17-5-3-2-4-6-17/h2-8,14,19,22,26,30H,9-10,12-13,15-16H2,1H3/t19-,22+/m0/s1. The monoisotopic (exact) mass is 417 g/mol. The third-order valence-electron chi connectivity index (χ3n) is 5.86. The van der Waals surface area contributed by atoms with E-state index >= 15 is 0 Å². The Bertz CT molecular complexity index is 1070. The fraction of sp³-hybridized carbons (Fsp3) is 0.375. The summed E-state index contributed by atoms with van der Waals surface area (Å²) in [5, 5.41) is 23.5. The summed E-state index contributed by atoms with van der Waals surface area (Å²) in [6.07, 6.45) is 1.92. The summed E-state index contributed by atoms with van der Waals surface area (Å²) in [5.74, 6) is 0.693. The predicted octanol–water partition coefficient (Wildman–Crippen LogP) is 2.14. The number of aliphatic hydroxyl groups is 1. The van der Waals surface area contributed by atoms with Gasteiger partial charge >= 0.3 is 0 Å². The number of β-amino-alcohol motifs (C(OH)–C–C–N with tert-alkyl or cyclic N) is 1. The van der Waals surface area contributed by atoms with Gasteiger partial charge in [0, 0.05) is 56.5 Å². The minimum Gasteiger partial charge on any atom is -0.481 e. The highest BCUT2D eigenvalue weighted by Crippen LogP contribution is 2.23. The van der Waals surface area contributed by atoms with Gasteiger partial charge in [-0.3, -0.25) is 4.98 Å². The zero-order valence-electron chi connectivity index (χ0n) is 17.7. The number of fused-ring (bicyclic) bond motifs is 1. The maximum atomic E-state index is 10.5. The second kappa shape index (κ2) is 9.84. The first kappa shape index (κ1) is 21.2. The van der Waals surface area contributed by atoms with Crippen molar-refractivity contribution in [2.24, 2.45) is 5.92 Å². The minimum absolute atomic E-state index is 0.187. The van der Waals surface area contributed by atoms with Gasteiger partial charge in [0.05, 0.1) is 29.8 Å². The molecular formula is C24H27N5O2. The van der Waals surface area contributed by atoms with Gasteiger partial charge in [0.1, 0.15) is 6.07 Å². The van der Waals surface area contributed by atoms with Crippen LogP contribution in [-0.2, 0) is 13.0 Å². The van der Waals surface area contributed by atoms with Gasteiger partial charge in [0.15, 0.2) is 0 Å². The molecule has 0 bridgehead atoms. The van der Waals surface area contributed by atoms with E-state index in [1.807, 2.05) is 24.3 Å². The summed E-state index contributed by atoms with van der Waals surface area (Å²) in [5.41, 5.74) is 4.11. The second-order valence-corrected chi connectivity index (χ2v) is 7.94. The number of rotatable bonds is 8. The van der Waals surface area contributed by atoms with Gasteiger partial charge in [-0.1, -0.05) is 30.3 Å². The lowest BCUT2D eigenvalue weighted by Gasteiger charge is -2.17. The molecule has 2 aromatic heterocycles. The Kier molecular flexibility index (Phi) is 6.73. The predicted molar refractivity (Wildman–Crippen MR) is 119 cm³/mol. The molecule has 160 valence electrons. The fourth-order valence-corrected chi connectivity index (χ4v) is 4.16. The van der Waals surface area contributed by atoms with Gasteiger partial charge in [-0.2, -0.15) is 5.26 Å². The average molecular weight is 418 g/mol. The first-order chi connectivity index (χ1) is 15.2. The summed E-state index contributed by atoms with van der Waals surface area (Å²) in [6, 6.07) is 16.1. The number of hydrogen-bond donors (Lipinski definition) is 2. The average Bonchev–Trinajstić information content (AvgIpc) is 3.16. The van der Waals surface area contributed by atoms with Crippen molar-refractivity contribution in [2.75, 3.05) is 33.3 Å². The van der Waals surface area contributed by atoms with Gasteiger partial charge < -0.3 is 20.1 Å². The summed E-state index contributed by atoms with van der Waals surface area (Å²) >= 11 is 0. The third-order valence-corrected chi connectivity index (χ3v) is 5.86. The van der Waals surface area contributed by atoms with E-state index in [0.29, 0.717) is 29.9 Å². The Morgan fingerprint density at radius 2 is 2.06 bits per heavy atom. The number of likely N-dealkylation sites (tertiary alicyclic amines) is 1. The molecule has 2 N–H and O–H groups in total. The fourth-order valence-electron chi connectivity index (χ4n) is 4.16. The minimum atomic E-state index is -0.355. The van der Waals surface area contributed by atoms with Crippen molar-refractivity contribution >= 4 is 11.0 Å². The number of nitrogens with one attached hydrogen (secondary N) is 1. The van der Waals surface area contributed by atoms with Crippen LogP contribution in [0.1, 0.15) is 16.7 Å². The van der Waals surface area contributed by atoms with E-state index in [9.17, 15) is 10.4 Å². The summed E-state index contributed by atoms with van der Waals surface area (Å²) in [6.45, 7) is 3.78. The van der Waals surface area contributed by atoms with Crippen molar-refractivity contribution in [3.05, 3.63) is 65.4 Å². The largest absolute Gasteiger partial charge is 0.481 e. The molecule has 0 saturated carbocycles. The van der Waals surface area contributed by atoms with Gasteiger partial charge in [0.2, 0.25) is 5.88 Å². The first-order valence-corrected chi connectivity index (χ1v) is 10.6. The van der Waals surface area contributed by atoms with Crippen LogP contribution in [0, 0.1) is 17.2 Å². The number of nitrogens with zero attached hydrogens (tertiary/aromatic N) is 4. The van der Waals surface area contributed by atoms with Crippen molar-refractivity contribution < 1.29 is 9.84 Å². The van der Waals surface area contributed by atoms with Crippen LogP contribution >= 0.6 is 0 Å².